The lowest BCUT2D eigenvalue weighted by Gasteiger charge is -2.03. The molecule has 3 nitrogen and oxygen atoms in total. The molecule has 0 aliphatic heterocycles. The fraction of sp³-hybridized carbons (Fsp3) is 0. The lowest BCUT2D eigenvalue weighted by Crippen LogP contribution is -1.91. The SMILES string of the molecule is N#C/C(=C/Nc1cccc(F)c1)c1nc(-c2ccc(-c3ccccc3)cc2)cs1. The summed E-state index contributed by atoms with van der Waals surface area (Å²) < 4.78 is 13.3. The topological polar surface area (TPSA) is 48.7 Å². The minimum Gasteiger partial charge on any atom is -0.360 e. The predicted octanol–water partition coefficient (Wildman–Crippen LogP) is 6.59. The molecule has 0 atom stereocenters. The van der Waals surface area contributed by atoms with Crippen LogP contribution in [0.3, 0.4) is 0 Å². The molecule has 0 aliphatic carbocycles. The maximum Gasteiger partial charge on any atom is 0.136 e. The van der Waals surface area contributed by atoms with E-state index in [0.29, 0.717) is 16.3 Å². The Kier molecular flexibility index (Phi) is 5.46. The normalized spacial score (nSPS) is 11.1. The first-order chi connectivity index (χ1) is 14.2. The van der Waals surface area contributed by atoms with E-state index in [1.807, 2.05) is 35.7 Å². The van der Waals surface area contributed by atoms with Crippen molar-refractivity contribution in [3.8, 4) is 28.5 Å². The summed E-state index contributed by atoms with van der Waals surface area (Å²) in [6, 6.07) is 26.6. The summed E-state index contributed by atoms with van der Waals surface area (Å²) in [5.74, 6) is -0.336. The lowest BCUT2D eigenvalue weighted by molar-refractivity contribution is 0.628. The van der Waals surface area contributed by atoms with E-state index in [1.54, 1.807) is 18.3 Å². The van der Waals surface area contributed by atoms with Crippen LogP contribution in [0.1, 0.15) is 5.01 Å². The van der Waals surface area contributed by atoms with E-state index in [-0.39, 0.29) is 5.82 Å². The number of rotatable bonds is 5. The van der Waals surface area contributed by atoms with Crippen molar-refractivity contribution < 1.29 is 4.39 Å². The largest absolute Gasteiger partial charge is 0.360 e. The van der Waals surface area contributed by atoms with E-state index in [9.17, 15) is 9.65 Å². The molecule has 1 N–H and O–H groups in total. The van der Waals surface area contributed by atoms with Crippen LogP contribution in [-0.2, 0) is 0 Å². The van der Waals surface area contributed by atoms with Crippen molar-refractivity contribution in [3.05, 3.63) is 101 Å². The van der Waals surface area contributed by atoms with Crippen molar-refractivity contribution in [2.45, 2.75) is 0 Å². The quantitative estimate of drug-likeness (QED) is 0.386. The molecule has 0 saturated heterocycles. The third-order valence-electron chi connectivity index (χ3n) is 4.35. The van der Waals surface area contributed by atoms with Gasteiger partial charge in [-0.05, 0) is 29.3 Å². The van der Waals surface area contributed by atoms with E-state index in [4.69, 9.17) is 0 Å². The molecule has 4 aromatic rings. The van der Waals surface area contributed by atoms with Gasteiger partial charge in [0.15, 0.2) is 0 Å². The Bertz CT molecular complexity index is 1190. The van der Waals surface area contributed by atoms with Crippen molar-refractivity contribution in [1.29, 1.82) is 5.26 Å². The summed E-state index contributed by atoms with van der Waals surface area (Å²) in [7, 11) is 0. The van der Waals surface area contributed by atoms with Crippen molar-refractivity contribution >= 4 is 22.6 Å². The highest BCUT2D eigenvalue weighted by molar-refractivity contribution is 7.11. The van der Waals surface area contributed by atoms with Crippen molar-refractivity contribution in [2.75, 3.05) is 5.32 Å². The molecule has 1 aromatic heterocycles. The molecule has 0 spiro atoms. The van der Waals surface area contributed by atoms with Crippen LogP contribution in [0.2, 0.25) is 0 Å². The maximum atomic E-state index is 13.3. The molecule has 0 fully saturated rings. The number of aromatic nitrogens is 1. The average molecular weight is 397 g/mol. The molecular weight excluding hydrogens is 381 g/mol. The number of hydrogen-bond donors (Lipinski definition) is 1. The Morgan fingerprint density at radius 1 is 0.931 bits per heavy atom. The molecule has 0 amide bonds. The highest BCUT2D eigenvalue weighted by atomic mass is 32.1. The predicted molar refractivity (Wildman–Crippen MR) is 117 cm³/mol. The Morgan fingerprint density at radius 2 is 1.66 bits per heavy atom. The average Bonchev–Trinajstić information content (AvgIpc) is 3.25. The van der Waals surface area contributed by atoms with Gasteiger partial charge in [0.1, 0.15) is 22.5 Å². The van der Waals surface area contributed by atoms with E-state index in [0.717, 1.165) is 22.4 Å². The highest BCUT2D eigenvalue weighted by Crippen LogP contribution is 2.28. The van der Waals surface area contributed by atoms with Crippen LogP contribution in [0.15, 0.2) is 90.4 Å². The van der Waals surface area contributed by atoms with Gasteiger partial charge >= 0.3 is 0 Å². The molecule has 0 bridgehead atoms. The van der Waals surface area contributed by atoms with Crippen molar-refractivity contribution in [2.24, 2.45) is 0 Å². The number of thiazole rings is 1. The van der Waals surface area contributed by atoms with Crippen molar-refractivity contribution in [1.82, 2.24) is 4.98 Å². The Balaban J connectivity index is 1.54. The molecule has 3 aromatic carbocycles. The van der Waals surface area contributed by atoms with E-state index < -0.39 is 0 Å². The van der Waals surface area contributed by atoms with Gasteiger partial charge in [-0.2, -0.15) is 5.26 Å². The van der Waals surface area contributed by atoms with Gasteiger partial charge in [-0.25, -0.2) is 9.37 Å². The second-order valence-corrected chi connectivity index (χ2v) is 7.16. The van der Waals surface area contributed by atoms with Gasteiger partial charge in [0.25, 0.3) is 0 Å². The molecule has 1 heterocycles. The van der Waals surface area contributed by atoms with Crippen LogP contribution in [-0.4, -0.2) is 4.98 Å². The van der Waals surface area contributed by atoms with Gasteiger partial charge in [-0.15, -0.1) is 11.3 Å². The summed E-state index contributed by atoms with van der Waals surface area (Å²) in [6.45, 7) is 0. The summed E-state index contributed by atoms with van der Waals surface area (Å²) in [5.41, 5.74) is 5.08. The van der Waals surface area contributed by atoms with Crippen LogP contribution in [0, 0.1) is 17.1 Å². The fourth-order valence-corrected chi connectivity index (χ4v) is 3.66. The Hall–Kier alpha value is -3.75. The lowest BCUT2D eigenvalue weighted by atomic mass is 10.0. The molecule has 0 radical (unpaired) electrons. The minimum atomic E-state index is -0.336. The number of halogens is 1. The van der Waals surface area contributed by atoms with Crippen LogP contribution in [0.5, 0.6) is 0 Å². The smallest absolute Gasteiger partial charge is 0.136 e. The van der Waals surface area contributed by atoms with Gasteiger partial charge in [0, 0.05) is 22.8 Å². The zero-order chi connectivity index (χ0) is 20.1. The van der Waals surface area contributed by atoms with Gasteiger partial charge in [0.05, 0.1) is 5.69 Å². The zero-order valence-electron chi connectivity index (χ0n) is 15.3. The number of nitriles is 1. The summed E-state index contributed by atoms with van der Waals surface area (Å²) >= 11 is 1.40. The number of anilines is 1. The second-order valence-electron chi connectivity index (χ2n) is 6.31. The molecule has 5 heteroatoms. The highest BCUT2D eigenvalue weighted by Gasteiger charge is 2.09. The first kappa shape index (κ1) is 18.6. The summed E-state index contributed by atoms with van der Waals surface area (Å²) in [5, 5.41) is 15.0. The molecule has 0 unspecified atom stereocenters. The van der Waals surface area contributed by atoms with Crippen LogP contribution >= 0.6 is 11.3 Å². The maximum absolute atomic E-state index is 13.3. The number of allylic oxidation sites excluding steroid dienone is 1. The van der Waals surface area contributed by atoms with Crippen LogP contribution < -0.4 is 5.32 Å². The first-order valence-electron chi connectivity index (χ1n) is 8.97. The number of nitrogens with zero attached hydrogens (tertiary/aromatic N) is 2. The van der Waals surface area contributed by atoms with Gasteiger partial charge in [-0.3, -0.25) is 0 Å². The molecular formula is C24H16FN3S. The van der Waals surface area contributed by atoms with Crippen LogP contribution in [0.25, 0.3) is 28.0 Å². The van der Waals surface area contributed by atoms with Gasteiger partial charge in [-0.1, -0.05) is 60.7 Å². The van der Waals surface area contributed by atoms with E-state index in [2.05, 4.69) is 40.6 Å². The third-order valence-corrected chi connectivity index (χ3v) is 5.23. The number of nitrogens with one attached hydrogen (secondary N) is 1. The van der Waals surface area contributed by atoms with Crippen molar-refractivity contribution in [3.63, 3.8) is 0 Å². The van der Waals surface area contributed by atoms with E-state index in [1.165, 1.54) is 23.5 Å². The first-order valence-corrected chi connectivity index (χ1v) is 9.85. The standard InChI is InChI=1S/C24H16FN3S/c25-21-7-4-8-22(13-21)27-15-20(14-26)24-28-23(16-29-24)19-11-9-18(10-12-19)17-5-2-1-3-6-17/h1-13,15-16,27H/b20-15-. The van der Waals surface area contributed by atoms with Gasteiger partial charge < -0.3 is 5.32 Å². The molecule has 29 heavy (non-hydrogen) atoms. The van der Waals surface area contributed by atoms with Gasteiger partial charge in [0.2, 0.25) is 0 Å². The fourth-order valence-electron chi connectivity index (χ4n) is 2.87. The molecule has 140 valence electrons. The second kappa shape index (κ2) is 8.51. The zero-order valence-corrected chi connectivity index (χ0v) is 16.2. The number of benzene rings is 3. The Labute approximate surface area is 172 Å². The molecule has 0 aliphatic rings. The summed E-state index contributed by atoms with van der Waals surface area (Å²) in [4.78, 5) is 4.60. The summed E-state index contributed by atoms with van der Waals surface area (Å²) in [6.07, 6.45) is 1.55. The van der Waals surface area contributed by atoms with Crippen LogP contribution in [0.4, 0.5) is 10.1 Å². The number of hydrogen-bond acceptors (Lipinski definition) is 4. The Morgan fingerprint density at radius 3 is 2.38 bits per heavy atom. The monoisotopic (exact) mass is 397 g/mol. The van der Waals surface area contributed by atoms with E-state index >= 15 is 0 Å². The third kappa shape index (κ3) is 4.40. The minimum absolute atomic E-state index is 0.336. The molecule has 4 rings (SSSR count). The molecule has 0 saturated carbocycles.